The predicted molar refractivity (Wildman–Crippen MR) is 119 cm³/mol. The van der Waals surface area contributed by atoms with Crippen LogP contribution in [0.5, 0.6) is 5.75 Å². The molecule has 0 aliphatic carbocycles. The first kappa shape index (κ1) is 22.3. The maximum absolute atomic E-state index is 15.1. The van der Waals surface area contributed by atoms with Gasteiger partial charge in [0, 0.05) is 17.0 Å². The van der Waals surface area contributed by atoms with Crippen LogP contribution in [0.3, 0.4) is 0 Å². The molecule has 0 aromatic heterocycles. The smallest absolute Gasteiger partial charge is 0.144 e. The van der Waals surface area contributed by atoms with Crippen LogP contribution in [-0.4, -0.2) is 6.61 Å². The third kappa shape index (κ3) is 4.54. The molecule has 0 aliphatic rings. The first-order chi connectivity index (χ1) is 15.9. The summed E-state index contributed by atoms with van der Waals surface area (Å²) in [6, 6.07) is 16.6. The van der Waals surface area contributed by atoms with E-state index >= 15 is 4.39 Å². The number of rotatable bonds is 6. The molecule has 4 aromatic carbocycles. The van der Waals surface area contributed by atoms with Crippen molar-refractivity contribution in [2.24, 2.45) is 0 Å². The third-order valence-electron chi connectivity index (χ3n) is 5.49. The van der Waals surface area contributed by atoms with E-state index in [0.29, 0.717) is 45.4 Å². The van der Waals surface area contributed by atoms with Crippen LogP contribution >= 0.6 is 0 Å². The van der Waals surface area contributed by atoms with Crippen molar-refractivity contribution in [3.63, 3.8) is 0 Å². The number of nitriles is 1. The maximum Gasteiger partial charge on any atom is 0.144 e. The van der Waals surface area contributed by atoms with E-state index in [-0.39, 0.29) is 12.8 Å². The fourth-order valence-corrected chi connectivity index (χ4v) is 3.84. The second-order valence-corrected chi connectivity index (χ2v) is 7.60. The quantitative estimate of drug-likeness (QED) is 0.294. The molecule has 0 saturated heterocycles. The molecule has 0 amide bonds. The van der Waals surface area contributed by atoms with E-state index in [9.17, 15) is 13.2 Å². The summed E-state index contributed by atoms with van der Waals surface area (Å²) in [6.45, 7) is 2.25. The Kier molecular flexibility index (Phi) is 6.32. The van der Waals surface area contributed by atoms with Gasteiger partial charge in [-0.1, -0.05) is 24.3 Å². The van der Waals surface area contributed by atoms with E-state index in [4.69, 9.17) is 10.00 Å². The Morgan fingerprint density at radius 1 is 0.818 bits per heavy atom. The van der Waals surface area contributed by atoms with Crippen molar-refractivity contribution in [3.05, 3.63) is 101 Å². The first-order valence-corrected chi connectivity index (χ1v) is 10.4. The number of aryl methyl sites for hydroxylation is 2. The van der Waals surface area contributed by atoms with Gasteiger partial charge in [0.15, 0.2) is 0 Å². The molecule has 0 atom stereocenters. The van der Waals surface area contributed by atoms with Gasteiger partial charge >= 0.3 is 0 Å². The molecule has 0 bridgehead atoms. The number of hydrogen-bond acceptors (Lipinski definition) is 2. The molecule has 0 heterocycles. The first-order valence-electron chi connectivity index (χ1n) is 10.4. The van der Waals surface area contributed by atoms with Crippen molar-refractivity contribution in [1.82, 2.24) is 0 Å². The van der Waals surface area contributed by atoms with Crippen LogP contribution in [0.4, 0.5) is 17.6 Å². The second kappa shape index (κ2) is 9.33. The van der Waals surface area contributed by atoms with Crippen molar-refractivity contribution in [2.75, 3.05) is 6.61 Å². The summed E-state index contributed by atoms with van der Waals surface area (Å²) < 4.78 is 62.6. The molecule has 0 unspecified atom stereocenters. The fourth-order valence-electron chi connectivity index (χ4n) is 3.84. The Labute approximate surface area is 188 Å². The SMILES string of the molecule is CCOc1ccc(-c2ccc3c(F)c(CCc4cc(F)c(C#N)c(F)c4)ccc3c2)c(F)c1. The molecule has 0 radical (unpaired) electrons. The van der Waals surface area contributed by atoms with Crippen molar-refractivity contribution < 1.29 is 22.3 Å². The largest absolute Gasteiger partial charge is 0.494 e. The van der Waals surface area contributed by atoms with E-state index in [1.807, 2.05) is 6.92 Å². The van der Waals surface area contributed by atoms with Gasteiger partial charge in [-0.3, -0.25) is 0 Å². The lowest BCUT2D eigenvalue weighted by molar-refractivity contribution is 0.338. The normalized spacial score (nSPS) is 10.9. The Hall–Kier alpha value is -3.85. The number of benzene rings is 4. The lowest BCUT2D eigenvalue weighted by Gasteiger charge is -2.11. The molecule has 4 rings (SSSR count). The molecule has 166 valence electrons. The van der Waals surface area contributed by atoms with Crippen molar-refractivity contribution in [3.8, 4) is 22.9 Å². The van der Waals surface area contributed by atoms with Crippen molar-refractivity contribution >= 4 is 10.8 Å². The minimum absolute atomic E-state index is 0.206. The lowest BCUT2D eigenvalue weighted by Crippen LogP contribution is -1.99. The molecular formula is C27H19F4NO. The Balaban J connectivity index is 1.59. The van der Waals surface area contributed by atoms with Gasteiger partial charge < -0.3 is 4.74 Å². The number of hydrogen-bond donors (Lipinski definition) is 0. The summed E-state index contributed by atoms with van der Waals surface area (Å²) in [5.74, 6) is -2.28. The van der Waals surface area contributed by atoms with Gasteiger partial charge in [0.2, 0.25) is 0 Å². The van der Waals surface area contributed by atoms with E-state index in [2.05, 4.69) is 0 Å². The summed E-state index contributed by atoms with van der Waals surface area (Å²) in [5.41, 5.74) is 1.10. The summed E-state index contributed by atoms with van der Waals surface area (Å²) in [7, 11) is 0. The Bertz CT molecular complexity index is 1370. The highest BCUT2D eigenvalue weighted by Crippen LogP contribution is 2.31. The third-order valence-corrected chi connectivity index (χ3v) is 5.49. The lowest BCUT2D eigenvalue weighted by atomic mass is 9.96. The predicted octanol–water partition coefficient (Wildman–Crippen LogP) is 7.12. The number of halogens is 4. The van der Waals surface area contributed by atoms with Crippen LogP contribution in [0.1, 0.15) is 23.6 Å². The highest BCUT2D eigenvalue weighted by atomic mass is 19.1. The van der Waals surface area contributed by atoms with E-state index in [1.54, 1.807) is 42.5 Å². The van der Waals surface area contributed by atoms with E-state index < -0.39 is 28.8 Å². The van der Waals surface area contributed by atoms with Gasteiger partial charge in [0.1, 0.15) is 40.7 Å². The van der Waals surface area contributed by atoms with Crippen LogP contribution in [-0.2, 0) is 12.8 Å². The van der Waals surface area contributed by atoms with Gasteiger partial charge in [-0.15, -0.1) is 0 Å². The zero-order valence-electron chi connectivity index (χ0n) is 17.8. The molecule has 0 saturated carbocycles. The van der Waals surface area contributed by atoms with Crippen LogP contribution in [0.2, 0.25) is 0 Å². The molecule has 6 heteroatoms. The Morgan fingerprint density at radius 2 is 1.58 bits per heavy atom. The van der Waals surface area contributed by atoms with Crippen LogP contribution in [0.25, 0.3) is 21.9 Å². The topological polar surface area (TPSA) is 33.0 Å². The summed E-state index contributed by atoms with van der Waals surface area (Å²) in [5, 5.41) is 9.75. The number of ether oxygens (including phenoxy) is 1. The zero-order chi connectivity index (χ0) is 23.5. The van der Waals surface area contributed by atoms with Gasteiger partial charge in [-0.2, -0.15) is 5.26 Å². The van der Waals surface area contributed by atoms with Crippen molar-refractivity contribution in [2.45, 2.75) is 19.8 Å². The van der Waals surface area contributed by atoms with Gasteiger partial charge in [-0.05, 0) is 72.2 Å². The van der Waals surface area contributed by atoms with Gasteiger partial charge in [0.25, 0.3) is 0 Å². The molecule has 4 aromatic rings. The molecule has 0 aliphatic heterocycles. The van der Waals surface area contributed by atoms with Crippen LogP contribution in [0, 0.1) is 34.6 Å². The van der Waals surface area contributed by atoms with E-state index in [0.717, 1.165) is 12.1 Å². The summed E-state index contributed by atoms with van der Waals surface area (Å²) in [6.07, 6.45) is 0.430. The molecule has 0 N–H and O–H groups in total. The maximum atomic E-state index is 15.1. The molecule has 33 heavy (non-hydrogen) atoms. The monoisotopic (exact) mass is 449 g/mol. The zero-order valence-corrected chi connectivity index (χ0v) is 17.8. The summed E-state index contributed by atoms with van der Waals surface area (Å²) >= 11 is 0. The number of fused-ring (bicyclic) bond motifs is 1. The average molecular weight is 449 g/mol. The molecule has 0 spiro atoms. The fraction of sp³-hybridized carbons (Fsp3) is 0.148. The summed E-state index contributed by atoms with van der Waals surface area (Å²) in [4.78, 5) is 0. The standard InChI is InChI=1S/C27H19F4NO/c1-2-33-20-8-10-21(26(30)14-20)18-7-9-22-19(13-18)6-5-17(27(22)31)4-3-16-11-24(28)23(15-32)25(29)12-16/h5-14H,2-4H2,1H3. The number of nitrogens with zero attached hydrogens (tertiary/aromatic N) is 1. The van der Waals surface area contributed by atoms with Gasteiger partial charge in [0.05, 0.1) is 6.61 Å². The Morgan fingerprint density at radius 3 is 2.24 bits per heavy atom. The highest BCUT2D eigenvalue weighted by molar-refractivity contribution is 5.88. The van der Waals surface area contributed by atoms with Crippen LogP contribution in [0.15, 0.2) is 60.7 Å². The molecule has 0 fully saturated rings. The minimum atomic E-state index is -0.930. The van der Waals surface area contributed by atoms with Crippen molar-refractivity contribution in [1.29, 1.82) is 5.26 Å². The molecular weight excluding hydrogens is 430 g/mol. The van der Waals surface area contributed by atoms with Crippen LogP contribution < -0.4 is 4.74 Å². The molecule has 2 nitrogen and oxygen atoms in total. The van der Waals surface area contributed by atoms with Gasteiger partial charge in [-0.25, -0.2) is 17.6 Å². The van der Waals surface area contributed by atoms with E-state index in [1.165, 1.54) is 12.1 Å². The second-order valence-electron chi connectivity index (χ2n) is 7.60. The minimum Gasteiger partial charge on any atom is -0.494 e. The highest BCUT2D eigenvalue weighted by Gasteiger charge is 2.14. The average Bonchev–Trinajstić information content (AvgIpc) is 2.79.